The lowest BCUT2D eigenvalue weighted by Crippen LogP contribution is -2.08. The van der Waals surface area contributed by atoms with Gasteiger partial charge >= 0.3 is 0 Å². The molecule has 0 aliphatic carbocycles. The van der Waals surface area contributed by atoms with E-state index >= 15 is 0 Å². The Kier molecular flexibility index (Phi) is 6.64. The number of aryl methyl sites for hydroxylation is 1. The van der Waals surface area contributed by atoms with Crippen LogP contribution in [0.25, 0.3) is 6.08 Å². The van der Waals surface area contributed by atoms with Crippen LogP contribution >= 0.6 is 0 Å². The van der Waals surface area contributed by atoms with Crippen molar-refractivity contribution in [3.8, 4) is 23.3 Å². The second kappa shape index (κ2) is 9.77. The molecule has 0 heterocycles. The molecule has 0 atom stereocenters. The van der Waals surface area contributed by atoms with Gasteiger partial charge in [-0.15, -0.1) is 0 Å². The summed E-state index contributed by atoms with van der Waals surface area (Å²) in [5.74, 6) is 1.62. The lowest BCUT2D eigenvalue weighted by molar-refractivity contribution is -0.111. The minimum Gasteiger partial charge on any atom is -0.479 e. The highest BCUT2D eigenvalue weighted by Gasteiger charge is 2.07. The first kappa shape index (κ1) is 19.7. The summed E-state index contributed by atoms with van der Waals surface area (Å²) in [7, 11) is 0. The number of ether oxygens (including phenoxy) is 2. The topological polar surface area (TPSA) is 71.3 Å². The number of hydrogen-bond acceptors (Lipinski definition) is 4. The molecular formula is C24H20N2O3. The standard InChI is InChI=1S/C24H20N2O3/c1-18-5-4-6-21(17-18)29-23-8-3-2-7-22(23)26-24(27)14-11-19-9-12-20(13-10-19)28-16-15-25/h2-14,17H,16H2,1H3,(H,26,27)/b14-11+. The fraction of sp³-hybridized carbons (Fsp3) is 0.0833. The molecule has 0 aromatic heterocycles. The van der Waals surface area contributed by atoms with Crippen LogP contribution in [-0.4, -0.2) is 12.5 Å². The Morgan fingerprint density at radius 1 is 1.03 bits per heavy atom. The quantitative estimate of drug-likeness (QED) is 0.558. The molecule has 5 heteroatoms. The van der Waals surface area contributed by atoms with Gasteiger partial charge in [-0.1, -0.05) is 36.4 Å². The first-order valence-electron chi connectivity index (χ1n) is 9.06. The minimum absolute atomic E-state index is 0.00161. The summed E-state index contributed by atoms with van der Waals surface area (Å²) in [5.41, 5.74) is 2.52. The predicted octanol–water partition coefficient (Wildman–Crippen LogP) is 5.34. The Bertz CT molecular complexity index is 1050. The molecule has 5 nitrogen and oxygen atoms in total. The Morgan fingerprint density at radius 2 is 1.83 bits per heavy atom. The van der Waals surface area contributed by atoms with Crippen LogP contribution in [0.2, 0.25) is 0 Å². The maximum atomic E-state index is 12.3. The van der Waals surface area contributed by atoms with Crippen molar-refractivity contribution >= 4 is 17.7 Å². The van der Waals surface area contributed by atoms with Crippen LogP contribution in [0.4, 0.5) is 5.69 Å². The number of carbonyl (C=O) groups excluding carboxylic acids is 1. The molecule has 29 heavy (non-hydrogen) atoms. The lowest BCUT2D eigenvalue weighted by Gasteiger charge is -2.11. The Labute approximate surface area is 169 Å². The molecule has 0 saturated carbocycles. The van der Waals surface area contributed by atoms with E-state index < -0.39 is 0 Å². The van der Waals surface area contributed by atoms with E-state index in [2.05, 4.69) is 5.32 Å². The number of rotatable bonds is 7. The predicted molar refractivity (Wildman–Crippen MR) is 113 cm³/mol. The van der Waals surface area contributed by atoms with Gasteiger partial charge < -0.3 is 14.8 Å². The summed E-state index contributed by atoms with van der Waals surface area (Å²) in [4.78, 5) is 12.3. The fourth-order valence-corrected chi connectivity index (χ4v) is 2.60. The second-order valence-corrected chi connectivity index (χ2v) is 6.25. The average Bonchev–Trinajstić information content (AvgIpc) is 2.73. The molecular weight excluding hydrogens is 364 g/mol. The van der Waals surface area contributed by atoms with E-state index in [-0.39, 0.29) is 12.5 Å². The number of carbonyl (C=O) groups is 1. The molecule has 0 unspecified atom stereocenters. The smallest absolute Gasteiger partial charge is 0.248 e. The number of nitrogens with one attached hydrogen (secondary N) is 1. The zero-order valence-electron chi connectivity index (χ0n) is 16.0. The van der Waals surface area contributed by atoms with Gasteiger partial charge in [0.05, 0.1) is 5.69 Å². The summed E-state index contributed by atoms with van der Waals surface area (Å²) < 4.78 is 11.1. The van der Waals surface area contributed by atoms with Gasteiger partial charge in [0.25, 0.3) is 0 Å². The fourth-order valence-electron chi connectivity index (χ4n) is 2.60. The van der Waals surface area contributed by atoms with Crippen LogP contribution in [0.15, 0.2) is 78.9 Å². The number of nitrogens with zero attached hydrogens (tertiary/aromatic N) is 1. The van der Waals surface area contributed by atoms with Crippen LogP contribution in [0.3, 0.4) is 0 Å². The minimum atomic E-state index is -0.268. The summed E-state index contributed by atoms with van der Waals surface area (Å²) in [5, 5.41) is 11.4. The van der Waals surface area contributed by atoms with Gasteiger partial charge in [-0.2, -0.15) is 5.26 Å². The summed E-state index contributed by atoms with van der Waals surface area (Å²) in [6.45, 7) is 2.00. The third kappa shape index (κ3) is 5.98. The molecule has 1 N–H and O–H groups in total. The Morgan fingerprint density at radius 3 is 2.59 bits per heavy atom. The summed E-state index contributed by atoms with van der Waals surface area (Å²) in [6, 6.07) is 24.0. The number of benzene rings is 3. The van der Waals surface area contributed by atoms with Crippen molar-refractivity contribution in [2.75, 3.05) is 11.9 Å². The first-order chi connectivity index (χ1) is 14.1. The Hall–Kier alpha value is -4.04. The molecule has 0 saturated heterocycles. The lowest BCUT2D eigenvalue weighted by atomic mass is 10.2. The van der Waals surface area contributed by atoms with Gasteiger partial charge in [0.15, 0.2) is 12.4 Å². The van der Waals surface area contributed by atoms with Crippen molar-refractivity contribution in [2.24, 2.45) is 0 Å². The van der Waals surface area contributed by atoms with E-state index in [0.717, 1.165) is 11.1 Å². The van der Waals surface area contributed by atoms with Crippen molar-refractivity contribution < 1.29 is 14.3 Å². The largest absolute Gasteiger partial charge is 0.479 e. The number of amides is 1. The number of anilines is 1. The van der Waals surface area contributed by atoms with Crippen molar-refractivity contribution in [3.63, 3.8) is 0 Å². The van der Waals surface area contributed by atoms with Gasteiger partial charge in [-0.25, -0.2) is 0 Å². The van der Waals surface area contributed by atoms with Crippen LogP contribution in [0, 0.1) is 18.3 Å². The SMILES string of the molecule is Cc1cccc(Oc2ccccc2NC(=O)/C=C/c2ccc(OCC#N)cc2)c1. The Balaban J connectivity index is 1.65. The van der Waals surface area contributed by atoms with Crippen molar-refractivity contribution in [2.45, 2.75) is 6.92 Å². The van der Waals surface area contributed by atoms with Crippen LogP contribution < -0.4 is 14.8 Å². The highest BCUT2D eigenvalue weighted by molar-refractivity contribution is 6.02. The molecule has 0 radical (unpaired) electrons. The molecule has 0 fully saturated rings. The van der Waals surface area contributed by atoms with Gasteiger partial charge in [-0.05, 0) is 60.5 Å². The number of para-hydroxylation sites is 2. The zero-order valence-corrected chi connectivity index (χ0v) is 16.0. The maximum absolute atomic E-state index is 12.3. The average molecular weight is 384 g/mol. The molecule has 144 valence electrons. The molecule has 0 aliphatic rings. The van der Waals surface area contributed by atoms with E-state index in [1.165, 1.54) is 6.08 Å². The zero-order chi connectivity index (χ0) is 20.5. The van der Waals surface area contributed by atoms with Crippen LogP contribution in [-0.2, 0) is 4.79 Å². The molecule has 1 amide bonds. The number of nitriles is 1. The number of hydrogen-bond donors (Lipinski definition) is 1. The molecule has 3 aromatic carbocycles. The van der Waals surface area contributed by atoms with E-state index in [4.69, 9.17) is 14.7 Å². The van der Waals surface area contributed by atoms with Crippen LogP contribution in [0.5, 0.6) is 17.2 Å². The second-order valence-electron chi connectivity index (χ2n) is 6.25. The molecule has 0 aliphatic heterocycles. The third-order valence-corrected chi connectivity index (χ3v) is 3.97. The van der Waals surface area contributed by atoms with E-state index in [1.54, 1.807) is 24.3 Å². The van der Waals surface area contributed by atoms with Gasteiger partial charge in [0.2, 0.25) is 5.91 Å². The highest BCUT2D eigenvalue weighted by Crippen LogP contribution is 2.29. The van der Waals surface area contributed by atoms with Gasteiger partial charge in [-0.3, -0.25) is 4.79 Å². The summed E-state index contributed by atoms with van der Waals surface area (Å²) >= 11 is 0. The third-order valence-electron chi connectivity index (χ3n) is 3.97. The monoisotopic (exact) mass is 384 g/mol. The van der Waals surface area contributed by atoms with Gasteiger partial charge in [0.1, 0.15) is 17.6 Å². The normalized spacial score (nSPS) is 10.3. The van der Waals surface area contributed by atoms with Gasteiger partial charge in [0, 0.05) is 6.08 Å². The van der Waals surface area contributed by atoms with Crippen LogP contribution in [0.1, 0.15) is 11.1 Å². The first-order valence-corrected chi connectivity index (χ1v) is 9.06. The molecule has 0 spiro atoms. The van der Waals surface area contributed by atoms with E-state index in [0.29, 0.717) is 22.9 Å². The van der Waals surface area contributed by atoms with Crippen molar-refractivity contribution in [3.05, 3.63) is 90.0 Å². The molecule has 0 bridgehead atoms. The van der Waals surface area contributed by atoms with E-state index in [9.17, 15) is 4.79 Å². The molecule has 3 aromatic rings. The molecule has 3 rings (SSSR count). The summed E-state index contributed by atoms with van der Waals surface area (Å²) in [6.07, 6.45) is 3.15. The van der Waals surface area contributed by atoms with E-state index in [1.807, 2.05) is 67.6 Å². The maximum Gasteiger partial charge on any atom is 0.248 e. The van der Waals surface area contributed by atoms with Crippen molar-refractivity contribution in [1.82, 2.24) is 0 Å². The highest BCUT2D eigenvalue weighted by atomic mass is 16.5. The van der Waals surface area contributed by atoms with Crippen molar-refractivity contribution in [1.29, 1.82) is 5.26 Å².